The van der Waals surface area contributed by atoms with Crippen molar-refractivity contribution in [2.24, 2.45) is 0 Å². The van der Waals surface area contributed by atoms with Gasteiger partial charge in [-0.15, -0.1) is 0 Å². The minimum absolute atomic E-state index is 0. The van der Waals surface area contributed by atoms with Crippen LogP contribution in [0.3, 0.4) is 0 Å². The number of rotatable bonds is 0. The molecule has 0 saturated carbocycles. The Morgan fingerprint density at radius 3 is 1.29 bits per heavy atom. The molecule has 7 heavy (non-hydrogen) atoms. The minimum atomic E-state index is -2.60. The Bertz CT molecular complexity index is 19.7. The molecule has 5 N–H and O–H groups in total. The molecule has 46 valence electrons. The number of hydrogen-bond acceptors (Lipinski definition) is 3. The summed E-state index contributed by atoms with van der Waals surface area (Å²) in [6.07, 6.45) is 0. The smallest absolute Gasteiger partial charge is 1.00 e. The average Bonchev–Trinajstić information content (AvgIpc) is 0.811. The number of halogens is 1. The molecule has 0 heterocycles. The van der Waals surface area contributed by atoms with E-state index in [-0.39, 0.29) is 51.5 Å². The molecule has 0 aromatic rings. The maximum Gasteiger partial charge on any atom is 2.00 e. The molecule has 0 unspecified atom stereocenters. The Labute approximate surface area is 75.9 Å². The van der Waals surface area contributed by atoms with Crippen molar-refractivity contribution >= 4 is 37.7 Å². The van der Waals surface area contributed by atoms with Crippen LogP contribution < -0.4 is 9.32 Å². The Morgan fingerprint density at radius 2 is 1.29 bits per heavy atom. The van der Waals surface area contributed by atoms with Gasteiger partial charge < -0.3 is 23.1 Å². The molecule has 0 aromatic heterocycles. The zero-order valence-electron chi connectivity index (χ0n) is 5.35. The fraction of sp³-hybridized carbons (Fsp3) is 0. The zero-order chi connectivity index (χ0) is 3.58. The van der Waals surface area contributed by atoms with Crippen LogP contribution in [0.1, 0.15) is 2.85 Å². The van der Waals surface area contributed by atoms with Crippen molar-refractivity contribution in [3.05, 3.63) is 0 Å². The van der Waals surface area contributed by atoms with Crippen LogP contribution in [-0.2, 0) is 0 Å². The first kappa shape index (κ1) is 23.8. The fourth-order valence-electron chi connectivity index (χ4n) is 0. The predicted octanol–water partition coefficient (Wildman–Crippen LogP) is -4.74. The summed E-state index contributed by atoms with van der Waals surface area (Å²) >= 11 is 0. The first-order valence-corrected chi connectivity index (χ1v) is 1.43. The molecular formula is H7CaClO5. The van der Waals surface area contributed by atoms with E-state index < -0.39 is 10.8 Å². The van der Waals surface area contributed by atoms with Gasteiger partial charge in [-0.1, -0.05) is 0 Å². The summed E-state index contributed by atoms with van der Waals surface area (Å²) in [5, 5.41) is 0. The van der Waals surface area contributed by atoms with Crippen LogP contribution in [-0.4, -0.2) is 53.3 Å². The molecule has 0 aromatic carbocycles. The van der Waals surface area contributed by atoms with Gasteiger partial charge >= 0.3 is 37.7 Å². The zero-order valence-corrected chi connectivity index (χ0v) is 6.31. The standard InChI is InChI=1S/Ca.ClHO3.2H2O.2H/c;2-1(3)4;;;;/h;2H;2*1H2;;/q+2;;;;2*-1. The summed E-state index contributed by atoms with van der Waals surface area (Å²) in [6.45, 7) is 0. The van der Waals surface area contributed by atoms with E-state index in [1.807, 2.05) is 0 Å². The third kappa shape index (κ3) is 115. The molecular weight excluding hydrogens is 156 g/mol. The van der Waals surface area contributed by atoms with E-state index in [0.29, 0.717) is 0 Å². The summed E-state index contributed by atoms with van der Waals surface area (Å²) in [6, 6.07) is 0. The molecule has 0 rings (SSSR count). The molecule has 5 nitrogen and oxygen atoms in total. The monoisotopic (exact) mass is 162 g/mol. The third-order valence-electron chi connectivity index (χ3n) is 0. The van der Waals surface area contributed by atoms with Gasteiger partial charge in [0, 0.05) is 4.66 Å². The first-order valence-electron chi connectivity index (χ1n) is 0.478. The van der Waals surface area contributed by atoms with Crippen molar-refractivity contribution in [3.63, 3.8) is 0 Å². The van der Waals surface area contributed by atoms with Gasteiger partial charge in [0.15, 0.2) is 0 Å². The van der Waals surface area contributed by atoms with Crippen LogP contribution >= 0.6 is 0 Å². The van der Waals surface area contributed by atoms with Gasteiger partial charge in [0.25, 0.3) is 10.8 Å². The van der Waals surface area contributed by atoms with Gasteiger partial charge in [-0.05, 0) is 0 Å². The maximum absolute atomic E-state index is 8.52. The Hall–Kier alpha value is 1.35. The molecule has 0 radical (unpaired) electrons. The van der Waals surface area contributed by atoms with E-state index in [9.17, 15) is 0 Å². The normalized spacial score (nSPS) is 5.14. The van der Waals surface area contributed by atoms with Gasteiger partial charge in [0.2, 0.25) is 0 Å². The first-order chi connectivity index (χ1) is 1.73. The second kappa shape index (κ2) is 15.7. The van der Waals surface area contributed by atoms with Gasteiger partial charge in [0.05, 0.1) is 0 Å². The topological polar surface area (TPSA) is 129 Å². The molecule has 0 atom stereocenters. The van der Waals surface area contributed by atoms with E-state index in [2.05, 4.69) is 0 Å². The SMILES string of the molecule is O.O.[Ca+2].[H-].[H-].[O-][Cl+2]([O-])O. The van der Waals surface area contributed by atoms with Gasteiger partial charge in [0.1, 0.15) is 0 Å². The van der Waals surface area contributed by atoms with E-state index in [1.54, 1.807) is 0 Å². The third-order valence-corrected chi connectivity index (χ3v) is 0. The van der Waals surface area contributed by atoms with Crippen LogP contribution in [0.4, 0.5) is 0 Å². The van der Waals surface area contributed by atoms with Crippen molar-refractivity contribution < 1.29 is 38.6 Å². The largest absolute Gasteiger partial charge is 2.00 e. The number of hydrogen-bond donors (Lipinski definition) is 1. The summed E-state index contributed by atoms with van der Waals surface area (Å²) < 4.78 is 24.0. The molecule has 0 amide bonds. The predicted molar refractivity (Wildman–Crippen MR) is 17.4 cm³/mol. The molecule has 7 heteroatoms. The van der Waals surface area contributed by atoms with Gasteiger partial charge in [-0.25, -0.2) is 0 Å². The summed E-state index contributed by atoms with van der Waals surface area (Å²) in [7, 11) is -2.60. The Balaban J connectivity index is -0.00000000450. The van der Waals surface area contributed by atoms with E-state index in [1.165, 1.54) is 0 Å². The van der Waals surface area contributed by atoms with Crippen LogP contribution in [0, 0.1) is 10.8 Å². The van der Waals surface area contributed by atoms with Crippen molar-refractivity contribution in [2.45, 2.75) is 0 Å². The molecule has 0 bridgehead atoms. The van der Waals surface area contributed by atoms with E-state index in [0.717, 1.165) is 0 Å². The van der Waals surface area contributed by atoms with E-state index in [4.69, 9.17) is 14.0 Å². The van der Waals surface area contributed by atoms with Crippen molar-refractivity contribution in [2.75, 3.05) is 0 Å². The van der Waals surface area contributed by atoms with Crippen LogP contribution in [0.15, 0.2) is 0 Å². The molecule has 0 aliphatic rings. The summed E-state index contributed by atoms with van der Waals surface area (Å²) in [5.41, 5.74) is 0. The van der Waals surface area contributed by atoms with Crippen molar-refractivity contribution in [1.82, 2.24) is 0 Å². The summed E-state index contributed by atoms with van der Waals surface area (Å²) in [5.74, 6) is 0. The molecule has 0 fully saturated rings. The molecule has 0 saturated heterocycles. The van der Waals surface area contributed by atoms with Gasteiger partial charge in [-0.2, -0.15) is 0 Å². The minimum Gasteiger partial charge on any atom is -1.00 e. The molecule has 0 spiro atoms. The summed E-state index contributed by atoms with van der Waals surface area (Å²) in [4.78, 5) is 0. The van der Waals surface area contributed by atoms with Crippen LogP contribution in [0.5, 0.6) is 0 Å². The quantitative estimate of drug-likeness (QED) is 0.359. The Morgan fingerprint density at radius 1 is 1.29 bits per heavy atom. The Kier molecular flexibility index (Phi) is 53.3. The maximum atomic E-state index is 8.52. The molecule has 0 aliphatic carbocycles. The van der Waals surface area contributed by atoms with Crippen molar-refractivity contribution in [1.29, 1.82) is 0 Å². The van der Waals surface area contributed by atoms with E-state index >= 15 is 0 Å². The second-order valence-corrected chi connectivity index (χ2v) is 0.603. The average molecular weight is 163 g/mol. The van der Waals surface area contributed by atoms with Crippen LogP contribution in [0.2, 0.25) is 0 Å². The fourth-order valence-corrected chi connectivity index (χ4v) is 0. The second-order valence-electron chi connectivity index (χ2n) is 0.201. The van der Waals surface area contributed by atoms with Crippen LogP contribution in [0.25, 0.3) is 0 Å². The van der Waals surface area contributed by atoms with Gasteiger partial charge in [-0.3, -0.25) is 0 Å². The van der Waals surface area contributed by atoms with Crippen molar-refractivity contribution in [3.8, 4) is 0 Å². The molecule has 0 aliphatic heterocycles.